The van der Waals surface area contributed by atoms with Crippen molar-refractivity contribution in [1.82, 2.24) is 14.5 Å². The molecule has 2 saturated heterocycles. The summed E-state index contributed by atoms with van der Waals surface area (Å²) in [6, 6.07) is 5.98. The van der Waals surface area contributed by atoms with Crippen LogP contribution in [0.25, 0.3) is 0 Å². The number of benzene rings is 1. The molecule has 3 rings (SSSR count). The van der Waals surface area contributed by atoms with Crippen LogP contribution in [-0.4, -0.2) is 62.3 Å². The van der Waals surface area contributed by atoms with E-state index < -0.39 is 16.1 Å². The SMILES string of the molecule is O=C1NCCN2CCCN(S(=O)(=O)c3ccccc3Cl)CC12. The minimum absolute atomic E-state index is 0.0985. The van der Waals surface area contributed by atoms with Crippen molar-refractivity contribution in [3.63, 3.8) is 0 Å². The van der Waals surface area contributed by atoms with Gasteiger partial charge in [0.2, 0.25) is 15.9 Å². The summed E-state index contributed by atoms with van der Waals surface area (Å²) in [6.45, 7) is 2.67. The Morgan fingerprint density at radius 1 is 1.18 bits per heavy atom. The maximum absolute atomic E-state index is 12.8. The van der Waals surface area contributed by atoms with E-state index in [-0.39, 0.29) is 22.4 Å². The molecule has 2 aliphatic heterocycles. The zero-order valence-corrected chi connectivity index (χ0v) is 13.6. The van der Waals surface area contributed by atoms with Crippen molar-refractivity contribution in [2.75, 3.05) is 32.7 Å². The van der Waals surface area contributed by atoms with Crippen LogP contribution >= 0.6 is 11.6 Å². The van der Waals surface area contributed by atoms with Crippen LogP contribution in [0.15, 0.2) is 29.2 Å². The van der Waals surface area contributed by atoms with Crippen molar-refractivity contribution in [3.8, 4) is 0 Å². The van der Waals surface area contributed by atoms with Crippen molar-refractivity contribution in [3.05, 3.63) is 29.3 Å². The van der Waals surface area contributed by atoms with Gasteiger partial charge in [0, 0.05) is 32.7 Å². The smallest absolute Gasteiger partial charge is 0.244 e. The van der Waals surface area contributed by atoms with E-state index in [2.05, 4.69) is 10.2 Å². The van der Waals surface area contributed by atoms with Crippen molar-refractivity contribution >= 4 is 27.5 Å². The lowest BCUT2D eigenvalue weighted by Crippen LogP contribution is -2.58. The molecular weight excluding hydrogens is 326 g/mol. The number of hydrogen-bond acceptors (Lipinski definition) is 4. The number of nitrogens with one attached hydrogen (secondary N) is 1. The van der Waals surface area contributed by atoms with E-state index in [1.165, 1.54) is 10.4 Å². The molecular formula is C14H18ClN3O3S. The number of carbonyl (C=O) groups excluding carboxylic acids is 1. The van der Waals surface area contributed by atoms with Crippen molar-refractivity contribution in [2.45, 2.75) is 17.4 Å². The third-order valence-corrected chi connectivity index (χ3v) is 6.49. The molecule has 0 spiro atoms. The first-order valence-electron chi connectivity index (χ1n) is 7.26. The van der Waals surface area contributed by atoms with Crippen molar-refractivity contribution in [1.29, 1.82) is 0 Å². The summed E-state index contributed by atoms with van der Waals surface area (Å²) in [7, 11) is -3.70. The number of carbonyl (C=O) groups is 1. The first-order chi connectivity index (χ1) is 10.5. The second kappa shape index (κ2) is 6.16. The third kappa shape index (κ3) is 2.86. The van der Waals surface area contributed by atoms with Crippen LogP contribution in [0.5, 0.6) is 0 Å². The van der Waals surface area contributed by atoms with Crippen LogP contribution in [0, 0.1) is 0 Å². The lowest BCUT2D eigenvalue weighted by Gasteiger charge is -2.34. The molecule has 0 saturated carbocycles. The lowest BCUT2D eigenvalue weighted by molar-refractivity contribution is -0.128. The molecule has 8 heteroatoms. The van der Waals surface area contributed by atoms with Gasteiger partial charge in [-0.25, -0.2) is 8.42 Å². The zero-order chi connectivity index (χ0) is 15.7. The fraction of sp³-hybridized carbons (Fsp3) is 0.500. The van der Waals surface area contributed by atoms with Crippen molar-refractivity contribution < 1.29 is 13.2 Å². The molecule has 1 atom stereocenters. The Kier molecular flexibility index (Phi) is 4.40. The van der Waals surface area contributed by atoms with Gasteiger partial charge in [-0.3, -0.25) is 9.69 Å². The minimum Gasteiger partial charge on any atom is -0.353 e. The van der Waals surface area contributed by atoms with Crippen LogP contribution in [0.2, 0.25) is 5.02 Å². The number of piperazine rings is 1. The Balaban J connectivity index is 1.91. The number of amides is 1. The highest BCUT2D eigenvalue weighted by Gasteiger charge is 2.37. The summed E-state index contributed by atoms with van der Waals surface area (Å²) in [6.07, 6.45) is 0.702. The van der Waals surface area contributed by atoms with E-state index in [1.54, 1.807) is 18.2 Å². The van der Waals surface area contributed by atoms with Gasteiger partial charge < -0.3 is 5.32 Å². The molecule has 1 N–H and O–H groups in total. The van der Waals surface area contributed by atoms with Gasteiger partial charge in [0.15, 0.2) is 0 Å². The van der Waals surface area contributed by atoms with Crippen LogP contribution in [-0.2, 0) is 14.8 Å². The van der Waals surface area contributed by atoms with Crippen molar-refractivity contribution in [2.24, 2.45) is 0 Å². The molecule has 1 aromatic rings. The summed E-state index contributed by atoms with van der Waals surface area (Å²) in [4.78, 5) is 14.2. The number of rotatable bonds is 2. The Hall–Kier alpha value is -1.15. The van der Waals surface area contributed by atoms with E-state index in [9.17, 15) is 13.2 Å². The number of fused-ring (bicyclic) bond motifs is 1. The molecule has 0 aromatic heterocycles. The van der Waals surface area contributed by atoms with Gasteiger partial charge in [0.1, 0.15) is 10.9 Å². The molecule has 2 fully saturated rings. The Morgan fingerprint density at radius 3 is 2.73 bits per heavy atom. The largest absolute Gasteiger partial charge is 0.353 e. The Labute approximate surface area is 135 Å². The van der Waals surface area contributed by atoms with Gasteiger partial charge >= 0.3 is 0 Å². The summed E-state index contributed by atoms with van der Waals surface area (Å²) in [5, 5.41) is 3.01. The predicted octanol–water partition coefficient (Wildman–Crippen LogP) is 0.535. The minimum atomic E-state index is -3.70. The van der Waals surface area contributed by atoms with Gasteiger partial charge in [0.25, 0.3) is 0 Å². The highest BCUT2D eigenvalue weighted by Crippen LogP contribution is 2.26. The van der Waals surface area contributed by atoms with Crippen LogP contribution in [0.3, 0.4) is 0 Å². The molecule has 1 unspecified atom stereocenters. The van der Waals surface area contributed by atoms with Crippen LogP contribution in [0.1, 0.15) is 6.42 Å². The van der Waals surface area contributed by atoms with Gasteiger partial charge in [-0.1, -0.05) is 23.7 Å². The van der Waals surface area contributed by atoms with E-state index in [1.807, 2.05) is 0 Å². The Bertz CT molecular complexity index is 680. The Morgan fingerprint density at radius 2 is 1.95 bits per heavy atom. The number of hydrogen-bond donors (Lipinski definition) is 1. The molecule has 22 heavy (non-hydrogen) atoms. The fourth-order valence-corrected chi connectivity index (χ4v) is 4.95. The first kappa shape index (κ1) is 15.7. The monoisotopic (exact) mass is 343 g/mol. The highest BCUT2D eigenvalue weighted by molar-refractivity contribution is 7.89. The predicted molar refractivity (Wildman–Crippen MR) is 83.2 cm³/mol. The molecule has 1 aromatic carbocycles. The molecule has 6 nitrogen and oxygen atoms in total. The number of nitrogens with zero attached hydrogens (tertiary/aromatic N) is 2. The standard InChI is InChI=1S/C14H18ClN3O3S/c15-11-4-1-2-5-13(11)22(20,21)18-8-3-7-17-9-6-16-14(19)12(17)10-18/h1-2,4-5,12H,3,6-10H2,(H,16,19). The van der Waals surface area contributed by atoms with E-state index in [0.717, 1.165) is 13.1 Å². The third-order valence-electron chi connectivity index (χ3n) is 4.13. The summed E-state index contributed by atoms with van der Waals surface area (Å²) >= 11 is 6.04. The van der Waals surface area contributed by atoms with Gasteiger partial charge in [-0.15, -0.1) is 0 Å². The maximum Gasteiger partial charge on any atom is 0.244 e. The van der Waals surface area contributed by atoms with Crippen LogP contribution in [0.4, 0.5) is 0 Å². The first-order valence-corrected chi connectivity index (χ1v) is 9.08. The molecule has 0 bridgehead atoms. The average molecular weight is 344 g/mol. The topological polar surface area (TPSA) is 69.7 Å². The van der Waals surface area contributed by atoms with E-state index in [0.29, 0.717) is 19.5 Å². The lowest BCUT2D eigenvalue weighted by atomic mass is 10.2. The molecule has 120 valence electrons. The van der Waals surface area contributed by atoms with Crippen LogP contribution < -0.4 is 5.32 Å². The van der Waals surface area contributed by atoms with Gasteiger partial charge in [-0.05, 0) is 18.6 Å². The number of sulfonamides is 1. The molecule has 0 radical (unpaired) electrons. The second-order valence-corrected chi connectivity index (χ2v) is 7.80. The summed E-state index contributed by atoms with van der Waals surface area (Å²) in [5.74, 6) is -0.104. The highest BCUT2D eigenvalue weighted by atomic mass is 35.5. The number of halogens is 1. The molecule has 0 aliphatic carbocycles. The average Bonchev–Trinajstić information content (AvgIpc) is 2.71. The molecule has 1 amide bonds. The zero-order valence-electron chi connectivity index (χ0n) is 12.0. The molecule has 2 heterocycles. The fourth-order valence-electron chi connectivity index (χ4n) is 2.97. The summed E-state index contributed by atoms with van der Waals surface area (Å²) in [5.41, 5.74) is 0. The summed E-state index contributed by atoms with van der Waals surface area (Å²) < 4.78 is 27.0. The molecule has 2 aliphatic rings. The van der Waals surface area contributed by atoms with Gasteiger partial charge in [0.05, 0.1) is 5.02 Å². The quantitative estimate of drug-likeness (QED) is 0.850. The second-order valence-electron chi connectivity index (χ2n) is 5.49. The van der Waals surface area contributed by atoms with E-state index in [4.69, 9.17) is 11.6 Å². The van der Waals surface area contributed by atoms with E-state index >= 15 is 0 Å². The normalized spacial score (nSPS) is 24.4. The maximum atomic E-state index is 12.8. The van der Waals surface area contributed by atoms with Gasteiger partial charge in [-0.2, -0.15) is 4.31 Å².